The highest BCUT2D eigenvalue weighted by Crippen LogP contribution is 2.31. The highest BCUT2D eigenvalue weighted by Gasteiger charge is 2.29. The topological polar surface area (TPSA) is 60.1 Å². The fourth-order valence-corrected chi connectivity index (χ4v) is 4.98. The van der Waals surface area contributed by atoms with Crippen LogP contribution in [0.3, 0.4) is 0 Å². The van der Waals surface area contributed by atoms with Crippen LogP contribution in [0.15, 0.2) is 78.4 Å². The fraction of sp³-hybridized carbons (Fsp3) is 0.160. The number of fused-ring (bicyclic) bond motifs is 1. The zero-order chi connectivity index (χ0) is 23.1. The molecular formula is C25H20Cl2N4O2. The summed E-state index contributed by atoms with van der Waals surface area (Å²) < 4.78 is 3.44. The Bertz CT molecular complexity index is 1440. The minimum Gasteiger partial charge on any atom is -0.337 e. The first-order chi connectivity index (χ1) is 16.0. The van der Waals surface area contributed by atoms with Gasteiger partial charge in [0.2, 0.25) is 5.91 Å². The molecule has 2 aromatic heterocycles. The largest absolute Gasteiger partial charge is 0.337 e. The molecule has 6 nitrogen and oxygen atoms in total. The van der Waals surface area contributed by atoms with E-state index in [-0.39, 0.29) is 17.6 Å². The van der Waals surface area contributed by atoms with Gasteiger partial charge in [0, 0.05) is 34.9 Å². The van der Waals surface area contributed by atoms with Gasteiger partial charge < -0.3 is 4.90 Å². The summed E-state index contributed by atoms with van der Waals surface area (Å²) in [6.07, 6.45) is 5.39. The van der Waals surface area contributed by atoms with Gasteiger partial charge in [-0.25, -0.2) is 4.79 Å². The molecule has 0 aliphatic carbocycles. The van der Waals surface area contributed by atoms with Gasteiger partial charge in [-0.05, 0) is 48.4 Å². The summed E-state index contributed by atoms with van der Waals surface area (Å²) in [5.74, 6) is -0.118. The van der Waals surface area contributed by atoms with Crippen molar-refractivity contribution in [1.29, 1.82) is 0 Å². The van der Waals surface area contributed by atoms with Crippen LogP contribution >= 0.6 is 23.2 Å². The minimum absolute atomic E-state index is 0.111. The summed E-state index contributed by atoms with van der Waals surface area (Å²) in [6, 6.07) is 14.7. The van der Waals surface area contributed by atoms with Gasteiger partial charge in [0.15, 0.2) is 0 Å². The minimum atomic E-state index is -0.159. The molecule has 0 unspecified atom stereocenters. The number of hydrogen-bond donors (Lipinski definition) is 0. The molecule has 166 valence electrons. The maximum atomic E-state index is 13.6. The van der Waals surface area contributed by atoms with E-state index in [9.17, 15) is 9.59 Å². The first-order valence-electron chi connectivity index (χ1n) is 10.5. The molecule has 1 fully saturated rings. The number of aromatic nitrogens is 3. The molecule has 2 aromatic carbocycles. The van der Waals surface area contributed by atoms with Crippen molar-refractivity contribution in [3.05, 3.63) is 94.1 Å². The van der Waals surface area contributed by atoms with Crippen LogP contribution in [-0.4, -0.2) is 38.0 Å². The Morgan fingerprint density at radius 1 is 1.09 bits per heavy atom. The predicted octanol–water partition coefficient (Wildman–Crippen LogP) is 5.12. The average molecular weight is 479 g/mol. The van der Waals surface area contributed by atoms with Crippen LogP contribution in [0.2, 0.25) is 10.0 Å². The number of amides is 1. The lowest BCUT2D eigenvalue weighted by Gasteiger charge is -2.15. The van der Waals surface area contributed by atoms with Crippen molar-refractivity contribution in [3.8, 4) is 16.8 Å². The Morgan fingerprint density at radius 3 is 2.61 bits per heavy atom. The second-order valence-corrected chi connectivity index (χ2v) is 8.80. The molecule has 8 heteroatoms. The highest BCUT2D eigenvalue weighted by molar-refractivity contribution is 6.36. The van der Waals surface area contributed by atoms with Gasteiger partial charge in [-0.1, -0.05) is 48.0 Å². The molecule has 3 heterocycles. The molecule has 33 heavy (non-hydrogen) atoms. The SMILES string of the molecule is C=CC(=O)N1CC[C@@H](n2c(=O)n(-c3ccc(-c4ccc(Cl)cc4Cl)cc3)c3cnccc32)C1. The maximum Gasteiger partial charge on any atom is 0.334 e. The van der Waals surface area contributed by atoms with E-state index in [1.165, 1.54) is 6.08 Å². The van der Waals surface area contributed by atoms with Gasteiger partial charge in [0.05, 0.1) is 29.0 Å². The Morgan fingerprint density at radius 2 is 1.88 bits per heavy atom. The molecule has 1 saturated heterocycles. The summed E-state index contributed by atoms with van der Waals surface area (Å²) in [4.78, 5) is 31.6. The molecule has 0 N–H and O–H groups in total. The summed E-state index contributed by atoms with van der Waals surface area (Å²) in [5, 5.41) is 1.14. The lowest BCUT2D eigenvalue weighted by Crippen LogP contribution is -2.31. The number of nitrogens with zero attached hydrogens (tertiary/aromatic N) is 4. The summed E-state index contributed by atoms with van der Waals surface area (Å²) >= 11 is 12.4. The predicted molar refractivity (Wildman–Crippen MR) is 131 cm³/mol. The molecule has 4 aromatic rings. The zero-order valence-corrected chi connectivity index (χ0v) is 19.1. The molecule has 1 amide bonds. The normalized spacial score (nSPS) is 15.8. The lowest BCUT2D eigenvalue weighted by atomic mass is 10.1. The van der Waals surface area contributed by atoms with Gasteiger partial charge in [0.1, 0.15) is 0 Å². The number of rotatable bonds is 4. The Kier molecular flexibility index (Phi) is 5.56. The Hall–Kier alpha value is -3.35. The quantitative estimate of drug-likeness (QED) is 0.382. The van der Waals surface area contributed by atoms with Crippen molar-refractivity contribution < 1.29 is 4.79 Å². The van der Waals surface area contributed by atoms with Crippen molar-refractivity contribution >= 4 is 40.1 Å². The zero-order valence-electron chi connectivity index (χ0n) is 17.6. The first kappa shape index (κ1) is 21.5. The number of halogens is 2. The van der Waals surface area contributed by atoms with Crippen LogP contribution in [0.1, 0.15) is 12.5 Å². The van der Waals surface area contributed by atoms with Crippen molar-refractivity contribution in [1.82, 2.24) is 19.0 Å². The number of pyridine rings is 1. The number of likely N-dealkylation sites (tertiary alicyclic amines) is 1. The van der Waals surface area contributed by atoms with Crippen LogP contribution in [0.4, 0.5) is 0 Å². The molecule has 0 bridgehead atoms. The van der Waals surface area contributed by atoms with Crippen molar-refractivity contribution in [3.63, 3.8) is 0 Å². The van der Waals surface area contributed by atoms with E-state index in [0.717, 1.165) is 22.3 Å². The van der Waals surface area contributed by atoms with Crippen LogP contribution in [0, 0.1) is 0 Å². The molecule has 0 saturated carbocycles. The van der Waals surface area contributed by atoms with Gasteiger partial charge in [-0.3, -0.25) is 18.9 Å². The molecule has 0 spiro atoms. The highest BCUT2D eigenvalue weighted by atomic mass is 35.5. The van der Waals surface area contributed by atoms with Crippen molar-refractivity contribution in [2.24, 2.45) is 0 Å². The lowest BCUT2D eigenvalue weighted by molar-refractivity contribution is -0.125. The maximum absolute atomic E-state index is 13.6. The fourth-order valence-electron chi connectivity index (χ4n) is 4.47. The summed E-state index contributed by atoms with van der Waals surface area (Å²) in [5.41, 5.74) is 3.86. The standard InChI is InChI=1S/C25H20Cl2N4O2/c1-2-24(32)29-12-10-19(15-29)31-22-9-11-28-14-23(22)30(25(31)33)18-6-3-16(4-7-18)20-8-5-17(26)13-21(20)27/h2-9,11,13-14,19H,1,10,12,15H2/t19-/m1/s1. The second kappa shape index (κ2) is 8.54. The van der Waals surface area contributed by atoms with Crippen LogP contribution < -0.4 is 5.69 Å². The van der Waals surface area contributed by atoms with Crippen LogP contribution in [-0.2, 0) is 4.79 Å². The Balaban J connectivity index is 1.57. The number of carbonyl (C=O) groups excluding carboxylic acids is 1. The van der Waals surface area contributed by atoms with E-state index in [0.29, 0.717) is 35.1 Å². The number of benzene rings is 2. The van der Waals surface area contributed by atoms with Gasteiger partial charge in [0.25, 0.3) is 0 Å². The number of hydrogen-bond acceptors (Lipinski definition) is 3. The third kappa shape index (κ3) is 3.75. The van der Waals surface area contributed by atoms with Gasteiger partial charge >= 0.3 is 5.69 Å². The molecule has 1 aliphatic rings. The number of carbonyl (C=O) groups is 1. The monoisotopic (exact) mass is 478 g/mol. The summed E-state index contributed by atoms with van der Waals surface area (Å²) in [7, 11) is 0. The molecular weight excluding hydrogens is 459 g/mol. The molecule has 1 aliphatic heterocycles. The first-order valence-corrected chi connectivity index (χ1v) is 11.3. The van der Waals surface area contributed by atoms with E-state index in [2.05, 4.69) is 11.6 Å². The van der Waals surface area contributed by atoms with E-state index < -0.39 is 0 Å². The molecule has 1 atom stereocenters. The second-order valence-electron chi connectivity index (χ2n) is 7.95. The summed E-state index contributed by atoms with van der Waals surface area (Å²) in [6.45, 7) is 4.63. The Labute approximate surface area is 200 Å². The molecule has 5 rings (SSSR count). The van der Waals surface area contributed by atoms with E-state index >= 15 is 0 Å². The van der Waals surface area contributed by atoms with Gasteiger partial charge in [-0.15, -0.1) is 0 Å². The van der Waals surface area contributed by atoms with E-state index in [4.69, 9.17) is 23.2 Å². The van der Waals surface area contributed by atoms with Crippen molar-refractivity contribution in [2.45, 2.75) is 12.5 Å². The number of imidazole rings is 1. The van der Waals surface area contributed by atoms with Crippen LogP contribution in [0.5, 0.6) is 0 Å². The molecule has 0 radical (unpaired) electrons. The van der Waals surface area contributed by atoms with E-state index in [1.807, 2.05) is 36.4 Å². The average Bonchev–Trinajstić information content (AvgIpc) is 3.41. The third-order valence-electron chi connectivity index (χ3n) is 6.06. The van der Waals surface area contributed by atoms with Gasteiger partial charge in [-0.2, -0.15) is 0 Å². The van der Waals surface area contributed by atoms with E-state index in [1.54, 1.807) is 38.6 Å². The van der Waals surface area contributed by atoms with Crippen LogP contribution in [0.25, 0.3) is 27.8 Å². The third-order valence-corrected chi connectivity index (χ3v) is 6.61. The smallest absolute Gasteiger partial charge is 0.334 e. The van der Waals surface area contributed by atoms with Crippen molar-refractivity contribution in [2.75, 3.05) is 13.1 Å².